The molecule has 0 bridgehead atoms. The zero-order valence-electron chi connectivity index (χ0n) is 31.8. The van der Waals surface area contributed by atoms with Crippen LogP contribution in [0, 0.1) is 0 Å². The molecule has 16 heteroatoms. The molecular weight excluding hydrogens is 756 g/mol. The van der Waals surface area contributed by atoms with Gasteiger partial charge in [0.15, 0.2) is 12.6 Å². The van der Waals surface area contributed by atoms with Crippen molar-refractivity contribution in [3.8, 4) is 22.9 Å². The number of hydrogen-bond donors (Lipinski definition) is 8. The molecule has 0 amide bonds. The lowest BCUT2D eigenvalue weighted by molar-refractivity contribution is -0.301. The van der Waals surface area contributed by atoms with Crippen molar-refractivity contribution in [3.63, 3.8) is 0 Å². The lowest BCUT2D eigenvalue weighted by Crippen LogP contribution is -2.59. The van der Waals surface area contributed by atoms with Crippen LogP contribution < -0.4 is 9.47 Å². The smallest absolute Gasteiger partial charge is 0.186 e. The number of ether oxygens (including phenoxy) is 6. The molecule has 8 N–H and O–H groups in total. The summed E-state index contributed by atoms with van der Waals surface area (Å²) in [6.45, 7) is -0.0270. The third-order valence-electron chi connectivity index (χ3n) is 9.98. The van der Waals surface area contributed by atoms with Gasteiger partial charge in [-0.25, -0.2) is 9.97 Å². The minimum absolute atomic E-state index is 0.239. The first-order valence-electron chi connectivity index (χ1n) is 19.3. The fraction of sp³-hybridized carbons (Fsp3) is 0.476. The summed E-state index contributed by atoms with van der Waals surface area (Å²) in [5.41, 5.74) is 4.96. The van der Waals surface area contributed by atoms with Crippen molar-refractivity contribution in [2.75, 3.05) is 26.4 Å². The van der Waals surface area contributed by atoms with Crippen LogP contribution in [0.5, 0.6) is 11.5 Å². The molecule has 10 atom stereocenters. The molecule has 58 heavy (non-hydrogen) atoms. The normalized spacial score (nSPS) is 27.3. The van der Waals surface area contributed by atoms with Gasteiger partial charge in [-0.3, -0.25) is 0 Å². The van der Waals surface area contributed by atoms with Crippen molar-refractivity contribution in [2.24, 2.45) is 0 Å². The Bertz CT molecular complexity index is 1700. The first-order valence-corrected chi connectivity index (χ1v) is 19.3. The summed E-state index contributed by atoms with van der Waals surface area (Å²) in [6.07, 6.45) is -10.3. The Hall–Kier alpha value is -4.14. The molecule has 2 aliphatic rings. The average Bonchev–Trinajstić information content (AvgIpc) is 3.26. The number of aliphatic hydroxyl groups excluding tert-OH is 8. The Morgan fingerprint density at radius 3 is 1.26 bits per heavy atom. The highest BCUT2D eigenvalue weighted by Gasteiger charge is 2.45. The van der Waals surface area contributed by atoms with Crippen LogP contribution in [-0.4, -0.2) is 139 Å². The summed E-state index contributed by atoms with van der Waals surface area (Å²) in [7, 11) is 0. The van der Waals surface area contributed by atoms with E-state index >= 15 is 0 Å². The van der Waals surface area contributed by atoms with Crippen LogP contribution in [0.1, 0.15) is 35.4 Å². The minimum Gasteiger partial charge on any atom is -0.487 e. The van der Waals surface area contributed by atoms with E-state index in [4.69, 9.17) is 38.4 Å². The van der Waals surface area contributed by atoms with E-state index in [9.17, 15) is 40.9 Å². The number of pyridine rings is 2. The van der Waals surface area contributed by atoms with E-state index in [1.54, 1.807) is 0 Å². The van der Waals surface area contributed by atoms with Crippen LogP contribution in [0.15, 0.2) is 84.9 Å². The molecule has 4 heterocycles. The Morgan fingerprint density at radius 2 is 0.879 bits per heavy atom. The molecule has 16 nitrogen and oxygen atoms in total. The van der Waals surface area contributed by atoms with E-state index in [1.807, 2.05) is 84.9 Å². The molecule has 2 saturated heterocycles. The second kappa shape index (κ2) is 21.2. The topological polar surface area (TPSA) is 243 Å². The van der Waals surface area contributed by atoms with E-state index in [-0.39, 0.29) is 26.4 Å². The van der Waals surface area contributed by atoms with Gasteiger partial charge in [0.25, 0.3) is 0 Å². The van der Waals surface area contributed by atoms with Crippen molar-refractivity contribution in [1.82, 2.24) is 9.97 Å². The molecule has 2 aliphatic heterocycles. The number of benzene rings is 2. The van der Waals surface area contributed by atoms with Crippen LogP contribution in [0.3, 0.4) is 0 Å². The summed E-state index contributed by atoms with van der Waals surface area (Å²) in [4.78, 5) is 9.52. The van der Waals surface area contributed by atoms with E-state index in [1.165, 1.54) is 0 Å². The van der Waals surface area contributed by atoms with E-state index in [2.05, 4.69) is 0 Å². The number of rotatable bonds is 19. The van der Waals surface area contributed by atoms with Crippen molar-refractivity contribution >= 4 is 0 Å². The minimum atomic E-state index is -1.47. The maximum atomic E-state index is 10.1. The van der Waals surface area contributed by atoms with Crippen molar-refractivity contribution in [3.05, 3.63) is 107 Å². The Morgan fingerprint density at radius 1 is 0.483 bits per heavy atom. The van der Waals surface area contributed by atoms with Crippen LogP contribution in [0.25, 0.3) is 11.4 Å². The molecule has 2 aromatic heterocycles. The highest BCUT2D eigenvalue weighted by Crippen LogP contribution is 2.25. The van der Waals surface area contributed by atoms with Gasteiger partial charge in [0.2, 0.25) is 0 Å². The molecule has 4 aromatic rings. The molecule has 0 unspecified atom stereocenters. The van der Waals surface area contributed by atoms with Gasteiger partial charge >= 0.3 is 0 Å². The zero-order chi connectivity index (χ0) is 41.0. The standard InChI is InChI=1S/C42H52N2O14/c45-21-33-35(47)37(49)39(51)41(57-33)53-19-3-5-25-11-15-29(16-12-25)55-23-27-7-1-9-31(43-27)32-10-2-8-28(44-32)24-56-30-17-13-26(14-18-30)6-4-20-54-42-40(52)38(50)36(48)34(22-46)58-42/h1-2,7-18,33-42,45-52H,3-6,19-24H2/t33-,34-,35+,36+,37+,38+,39-,40-,41-,42-/m1/s1. The molecule has 2 fully saturated rings. The maximum Gasteiger partial charge on any atom is 0.186 e. The lowest BCUT2D eigenvalue weighted by atomic mass is 9.99. The molecule has 0 aliphatic carbocycles. The number of hydrogen-bond acceptors (Lipinski definition) is 16. The summed E-state index contributed by atoms with van der Waals surface area (Å²) in [5.74, 6) is 1.36. The number of aryl methyl sites for hydroxylation is 2. The van der Waals surface area contributed by atoms with Gasteiger partial charge in [-0.2, -0.15) is 0 Å². The summed E-state index contributed by atoms with van der Waals surface area (Å²) in [5, 5.41) is 78.6. The zero-order valence-corrected chi connectivity index (χ0v) is 31.8. The lowest BCUT2D eigenvalue weighted by Gasteiger charge is -2.39. The van der Waals surface area contributed by atoms with Gasteiger partial charge in [0, 0.05) is 0 Å². The van der Waals surface area contributed by atoms with E-state index in [0.29, 0.717) is 48.6 Å². The number of nitrogens with zero attached hydrogens (tertiary/aromatic N) is 2. The van der Waals surface area contributed by atoms with Crippen LogP contribution >= 0.6 is 0 Å². The Balaban J connectivity index is 0.906. The van der Waals surface area contributed by atoms with Crippen LogP contribution in [0.2, 0.25) is 0 Å². The first kappa shape index (κ1) is 43.4. The van der Waals surface area contributed by atoms with Crippen molar-refractivity contribution in [2.45, 2.75) is 100 Å². The van der Waals surface area contributed by atoms with E-state index in [0.717, 1.165) is 22.5 Å². The third-order valence-corrected chi connectivity index (χ3v) is 9.98. The average molecular weight is 809 g/mol. The fourth-order valence-corrected chi connectivity index (χ4v) is 6.59. The molecule has 2 aromatic carbocycles. The SMILES string of the molecule is OC[C@H]1O[C@@H](OCCCc2ccc(OCc3cccc(-c4cccc(COc5ccc(CCCO[C@@H]6O[C@H](CO)[C@H](O)[C@H](O)[C@H]6O)cc5)n4)n3)cc2)[C@H](O)[C@@H](O)[C@H]1O. The summed E-state index contributed by atoms with van der Waals surface area (Å²) < 4.78 is 33.9. The highest BCUT2D eigenvalue weighted by molar-refractivity contribution is 5.54. The Kier molecular flexibility index (Phi) is 15.9. The first-order chi connectivity index (χ1) is 28.1. The highest BCUT2D eigenvalue weighted by atomic mass is 16.7. The molecule has 0 spiro atoms. The van der Waals surface area contributed by atoms with Crippen LogP contribution in [0.4, 0.5) is 0 Å². The van der Waals surface area contributed by atoms with Crippen molar-refractivity contribution in [1.29, 1.82) is 0 Å². The number of aromatic nitrogens is 2. The fourth-order valence-electron chi connectivity index (χ4n) is 6.59. The van der Waals surface area contributed by atoms with Gasteiger partial charge in [-0.1, -0.05) is 36.4 Å². The van der Waals surface area contributed by atoms with Crippen LogP contribution in [-0.2, 0) is 45.0 Å². The van der Waals surface area contributed by atoms with Gasteiger partial charge in [0.05, 0.1) is 49.2 Å². The predicted octanol–water partition coefficient (Wildman–Crippen LogP) is 0.800. The second-order valence-electron chi connectivity index (χ2n) is 14.2. The molecule has 0 saturated carbocycles. The maximum absolute atomic E-state index is 10.1. The summed E-state index contributed by atoms with van der Waals surface area (Å²) in [6, 6.07) is 26.7. The summed E-state index contributed by atoms with van der Waals surface area (Å²) >= 11 is 0. The van der Waals surface area contributed by atoms with Gasteiger partial charge in [0.1, 0.15) is 73.5 Å². The quantitative estimate of drug-likeness (QED) is 0.0611. The van der Waals surface area contributed by atoms with Gasteiger partial charge < -0.3 is 69.3 Å². The molecule has 0 radical (unpaired) electrons. The van der Waals surface area contributed by atoms with Gasteiger partial charge in [-0.05, 0) is 85.3 Å². The third kappa shape index (κ3) is 11.5. The largest absolute Gasteiger partial charge is 0.487 e. The Labute approximate surface area is 335 Å². The number of aliphatic hydroxyl groups is 8. The molecule has 314 valence electrons. The second-order valence-corrected chi connectivity index (χ2v) is 14.2. The van der Waals surface area contributed by atoms with Crippen molar-refractivity contribution < 1.29 is 69.3 Å². The monoisotopic (exact) mass is 808 g/mol. The molecular formula is C42H52N2O14. The molecule has 6 rings (SSSR count). The predicted molar refractivity (Wildman–Crippen MR) is 205 cm³/mol. The van der Waals surface area contributed by atoms with Gasteiger partial charge in [-0.15, -0.1) is 0 Å². The van der Waals surface area contributed by atoms with E-state index < -0.39 is 74.6 Å².